The fraction of sp³-hybridized carbons (Fsp3) is 0.538. The van der Waals surface area contributed by atoms with Gasteiger partial charge in [0.2, 0.25) is 0 Å². The maximum atomic E-state index is 10.2. The summed E-state index contributed by atoms with van der Waals surface area (Å²) in [7, 11) is 0. The summed E-state index contributed by atoms with van der Waals surface area (Å²) in [6.45, 7) is 2.11. The number of anilines is 1. The molecule has 1 heterocycles. The number of aliphatic hydroxyl groups excluding tert-OH is 2. The molecule has 0 saturated carbocycles. The van der Waals surface area contributed by atoms with Crippen molar-refractivity contribution in [2.75, 3.05) is 5.01 Å². The first kappa shape index (κ1) is 12.4. The average Bonchev–Trinajstić information content (AvgIpc) is 2.64. The van der Waals surface area contributed by atoms with E-state index in [4.69, 9.17) is 0 Å². The van der Waals surface area contributed by atoms with Crippen LogP contribution in [0.5, 0.6) is 0 Å². The van der Waals surface area contributed by atoms with Crippen molar-refractivity contribution in [3.8, 4) is 0 Å². The van der Waals surface area contributed by atoms with Gasteiger partial charge >= 0.3 is 0 Å². The van der Waals surface area contributed by atoms with E-state index < -0.39 is 12.5 Å². The van der Waals surface area contributed by atoms with E-state index >= 15 is 0 Å². The third kappa shape index (κ3) is 2.60. The van der Waals surface area contributed by atoms with Crippen molar-refractivity contribution in [2.45, 2.75) is 38.6 Å². The molecule has 4 heteroatoms. The van der Waals surface area contributed by atoms with Gasteiger partial charge < -0.3 is 10.2 Å². The summed E-state index contributed by atoms with van der Waals surface area (Å²) in [4.78, 5) is 0. The highest BCUT2D eigenvalue weighted by Crippen LogP contribution is 2.28. The molecule has 0 radical (unpaired) electrons. The minimum atomic E-state index is -0.670. The van der Waals surface area contributed by atoms with E-state index in [1.54, 1.807) is 5.01 Å². The Kier molecular flexibility index (Phi) is 3.99. The normalized spacial score (nSPS) is 28.6. The lowest BCUT2D eigenvalue weighted by atomic mass is 10.00. The van der Waals surface area contributed by atoms with Crippen LogP contribution < -0.4 is 10.4 Å². The van der Waals surface area contributed by atoms with Crippen LogP contribution in [-0.2, 0) is 0 Å². The van der Waals surface area contributed by atoms with E-state index in [0.717, 1.165) is 24.9 Å². The number of hydrogen-bond acceptors (Lipinski definition) is 4. The summed E-state index contributed by atoms with van der Waals surface area (Å²) in [5.41, 5.74) is 3.79. The molecule has 1 fully saturated rings. The predicted molar refractivity (Wildman–Crippen MR) is 67.1 cm³/mol. The van der Waals surface area contributed by atoms with Crippen molar-refractivity contribution < 1.29 is 10.2 Å². The van der Waals surface area contributed by atoms with Crippen molar-refractivity contribution in [1.29, 1.82) is 0 Å². The third-order valence-corrected chi connectivity index (χ3v) is 3.25. The molecule has 3 atom stereocenters. The number of para-hydroxylation sites is 1. The van der Waals surface area contributed by atoms with Crippen LogP contribution in [0, 0.1) is 5.92 Å². The van der Waals surface area contributed by atoms with Crippen molar-refractivity contribution in [2.24, 2.45) is 5.92 Å². The van der Waals surface area contributed by atoms with Gasteiger partial charge in [-0.15, -0.1) is 0 Å². The third-order valence-electron chi connectivity index (χ3n) is 3.25. The number of benzene rings is 1. The lowest BCUT2D eigenvalue weighted by Crippen LogP contribution is -2.39. The second-order valence-electron chi connectivity index (χ2n) is 4.50. The van der Waals surface area contributed by atoms with Gasteiger partial charge in [0.1, 0.15) is 12.5 Å². The van der Waals surface area contributed by atoms with Crippen molar-refractivity contribution in [1.82, 2.24) is 5.43 Å². The molecule has 0 amide bonds. The fourth-order valence-electron chi connectivity index (χ4n) is 2.23. The van der Waals surface area contributed by atoms with Gasteiger partial charge in [0.05, 0.1) is 5.69 Å². The molecule has 1 saturated heterocycles. The van der Waals surface area contributed by atoms with Gasteiger partial charge in [-0.1, -0.05) is 38.0 Å². The van der Waals surface area contributed by atoms with E-state index in [-0.39, 0.29) is 5.92 Å². The van der Waals surface area contributed by atoms with Gasteiger partial charge in [-0.05, 0) is 18.6 Å². The summed E-state index contributed by atoms with van der Waals surface area (Å²) < 4.78 is 0. The molecule has 0 aromatic heterocycles. The molecule has 1 aliphatic rings. The van der Waals surface area contributed by atoms with Gasteiger partial charge in [0.25, 0.3) is 0 Å². The maximum absolute atomic E-state index is 10.2. The molecule has 3 N–H and O–H groups in total. The van der Waals surface area contributed by atoms with E-state index in [0.29, 0.717) is 0 Å². The van der Waals surface area contributed by atoms with Crippen LogP contribution in [0.4, 0.5) is 5.69 Å². The Morgan fingerprint density at radius 3 is 2.59 bits per heavy atom. The summed E-state index contributed by atoms with van der Waals surface area (Å²) in [5, 5.41) is 21.8. The quantitative estimate of drug-likeness (QED) is 0.740. The zero-order valence-electron chi connectivity index (χ0n) is 10.1. The Morgan fingerprint density at radius 2 is 1.94 bits per heavy atom. The van der Waals surface area contributed by atoms with Crippen LogP contribution in [0.1, 0.15) is 26.2 Å². The Morgan fingerprint density at radius 1 is 1.24 bits per heavy atom. The molecular formula is C13H20N2O2. The first-order chi connectivity index (χ1) is 8.24. The summed E-state index contributed by atoms with van der Waals surface area (Å²) >= 11 is 0. The topological polar surface area (TPSA) is 55.7 Å². The van der Waals surface area contributed by atoms with Gasteiger partial charge in [0, 0.05) is 5.92 Å². The monoisotopic (exact) mass is 236 g/mol. The number of hydrazine groups is 1. The predicted octanol–water partition coefficient (Wildman–Crippen LogP) is 1.45. The number of nitrogens with one attached hydrogen (secondary N) is 1. The number of nitrogens with zero attached hydrogens (tertiary/aromatic N) is 1. The lowest BCUT2D eigenvalue weighted by Gasteiger charge is -2.23. The standard InChI is InChI=1S/C13H20N2O2/c1-2-3-9-11-12(16)14-15(13(11)17)10-7-5-4-6-8-10/h4-8,11-14,16-17H,2-3,9H2,1H3. The highest BCUT2D eigenvalue weighted by Gasteiger charge is 2.39. The van der Waals surface area contributed by atoms with Gasteiger partial charge in [-0.25, -0.2) is 5.43 Å². The van der Waals surface area contributed by atoms with Crippen LogP contribution in [0.15, 0.2) is 30.3 Å². The first-order valence-electron chi connectivity index (χ1n) is 6.20. The van der Waals surface area contributed by atoms with Crippen LogP contribution in [0.3, 0.4) is 0 Å². The Bertz CT molecular complexity index is 345. The smallest absolute Gasteiger partial charge is 0.147 e. The van der Waals surface area contributed by atoms with Crippen molar-refractivity contribution in [3.05, 3.63) is 30.3 Å². The lowest BCUT2D eigenvalue weighted by molar-refractivity contribution is 0.0542. The molecule has 0 bridgehead atoms. The number of rotatable bonds is 4. The van der Waals surface area contributed by atoms with Crippen LogP contribution in [0.2, 0.25) is 0 Å². The van der Waals surface area contributed by atoms with Gasteiger partial charge in [-0.3, -0.25) is 5.01 Å². The molecule has 1 aromatic rings. The highest BCUT2D eigenvalue weighted by molar-refractivity contribution is 5.46. The van der Waals surface area contributed by atoms with E-state index in [1.165, 1.54) is 0 Å². The van der Waals surface area contributed by atoms with Crippen LogP contribution in [0.25, 0.3) is 0 Å². The summed E-state index contributed by atoms with van der Waals surface area (Å²) in [6.07, 6.45) is 1.58. The van der Waals surface area contributed by atoms with Crippen LogP contribution in [-0.4, -0.2) is 22.7 Å². The number of unbranched alkanes of at least 4 members (excludes halogenated alkanes) is 1. The molecule has 3 unspecified atom stereocenters. The molecule has 2 rings (SSSR count). The summed E-state index contributed by atoms with van der Waals surface area (Å²) in [6, 6.07) is 9.57. The van der Waals surface area contributed by atoms with Crippen LogP contribution >= 0.6 is 0 Å². The average molecular weight is 236 g/mol. The number of hydrogen-bond donors (Lipinski definition) is 3. The SMILES string of the molecule is CCCCC1C(O)NN(c2ccccc2)C1O. The minimum absolute atomic E-state index is 0.129. The second-order valence-corrected chi connectivity index (χ2v) is 4.50. The number of aliphatic hydroxyl groups is 2. The van der Waals surface area contributed by atoms with Crippen molar-refractivity contribution in [3.63, 3.8) is 0 Å². The molecule has 17 heavy (non-hydrogen) atoms. The first-order valence-corrected chi connectivity index (χ1v) is 6.20. The Hall–Kier alpha value is -1.10. The minimum Gasteiger partial charge on any atom is -0.376 e. The largest absolute Gasteiger partial charge is 0.376 e. The second kappa shape index (κ2) is 5.49. The Labute approximate surface area is 102 Å². The van der Waals surface area contributed by atoms with E-state index in [2.05, 4.69) is 12.3 Å². The maximum Gasteiger partial charge on any atom is 0.147 e. The van der Waals surface area contributed by atoms with Crippen molar-refractivity contribution >= 4 is 5.69 Å². The fourth-order valence-corrected chi connectivity index (χ4v) is 2.23. The Balaban J connectivity index is 2.07. The zero-order chi connectivity index (χ0) is 12.3. The molecule has 4 nitrogen and oxygen atoms in total. The summed E-state index contributed by atoms with van der Waals surface area (Å²) in [5.74, 6) is -0.129. The molecule has 1 aliphatic heterocycles. The molecule has 1 aromatic carbocycles. The molecule has 94 valence electrons. The van der Waals surface area contributed by atoms with E-state index in [1.807, 2.05) is 30.3 Å². The highest BCUT2D eigenvalue weighted by atomic mass is 16.3. The molecule has 0 spiro atoms. The van der Waals surface area contributed by atoms with E-state index in [9.17, 15) is 10.2 Å². The van der Waals surface area contributed by atoms with Gasteiger partial charge in [0.15, 0.2) is 0 Å². The van der Waals surface area contributed by atoms with Gasteiger partial charge in [-0.2, -0.15) is 0 Å². The molecule has 0 aliphatic carbocycles. The molecular weight excluding hydrogens is 216 g/mol. The zero-order valence-corrected chi connectivity index (χ0v) is 10.1.